The molecule has 0 spiro atoms. The Hall–Kier alpha value is -3.85. The molecule has 0 radical (unpaired) electrons. The lowest BCUT2D eigenvalue weighted by Gasteiger charge is -2.18. The summed E-state index contributed by atoms with van der Waals surface area (Å²) in [6.07, 6.45) is 8.04. The second-order valence-electron chi connectivity index (χ2n) is 11.5. The lowest BCUT2D eigenvalue weighted by Crippen LogP contribution is -2.24. The number of hydrogen-bond acceptors (Lipinski definition) is 10. The first-order valence-electron chi connectivity index (χ1n) is 16.0. The number of hydrogen-bond donors (Lipinski definition) is 3. The van der Waals surface area contributed by atoms with Gasteiger partial charge in [0.05, 0.1) is 79.9 Å². The standard InChI is InChI=1S/C34H43ClFN7O5/c1-22-15-32(48-14-13-47-12-11-46-10-9-45-8-7-44-2)39-19-27(22)23-16-31-33(41-26-5-4-25(37)18-26)28(20-40-43(31)21-23)34(38)42-30-17-24(36)3-6-29(30)35/h3,6,15-17,19-21,25-26,41H,4-5,7-14,18,37H2,1-2H3,(H2,38,42). The Morgan fingerprint density at radius 3 is 2.44 bits per heavy atom. The van der Waals surface area contributed by atoms with Crippen LogP contribution in [0.5, 0.6) is 5.88 Å². The van der Waals surface area contributed by atoms with Gasteiger partial charge in [-0.25, -0.2) is 18.9 Å². The van der Waals surface area contributed by atoms with E-state index in [1.54, 1.807) is 24.0 Å². The molecular formula is C34H43ClFN7O5. The average molecular weight is 684 g/mol. The number of rotatable bonds is 18. The Kier molecular flexibility index (Phi) is 12.9. The minimum atomic E-state index is -0.458. The van der Waals surface area contributed by atoms with Gasteiger partial charge in [-0.1, -0.05) is 11.6 Å². The minimum Gasteiger partial charge on any atom is -0.475 e. The van der Waals surface area contributed by atoms with Crippen molar-refractivity contribution in [2.24, 2.45) is 16.5 Å². The van der Waals surface area contributed by atoms with Gasteiger partial charge in [0, 0.05) is 54.8 Å². The summed E-state index contributed by atoms with van der Waals surface area (Å²) in [6, 6.07) is 8.17. The second kappa shape index (κ2) is 17.5. The predicted octanol–water partition coefficient (Wildman–Crippen LogP) is 4.90. The Morgan fingerprint density at radius 2 is 1.75 bits per heavy atom. The molecule has 1 saturated carbocycles. The fourth-order valence-electron chi connectivity index (χ4n) is 5.46. The summed E-state index contributed by atoms with van der Waals surface area (Å²) in [4.78, 5) is 8.99. The second-order valence-corrected chi connectivity index (χ2v) is 11.9. The Bertz CT molecular complexity index is 1690. The van der Waals surface area contributed by atoms with Gasteiger partial charge in [-0.2, -0.15) is 5.10 Å². The highest BCUT2D eigenvalue weighted by Gasteiger charge is 2.25. The van der Waals surface area contributed by atoms with Crippen molar-refractivity contribution < 1.29 is 28.1 Å². The molecule has 1 aliphatic rings. The zero-order valence-corrected chi connectivity index (χ0v) is 28.0. The Balaban J connectivity index is 1.26. The Morgan fingerprint density at radius 1 is 1.02 bits per heavy atom. The maximum atomic E-state index is 14.0. The van der Waals surface area contributed by atoms with Crippen molar-refractivity contribution in [3.63, 3.8) is 0 Å². The number of aryl methyl sites for hydroxylation is 1. The van der Waals surface area contributed by atoms with Crippen LogP contribution in [0.1, 0.15) is 30.4 Å². The summed E-state index contributed by atoms with van der Waals surface area (Å²) in [7, 11) is 1.64. The van der Waals surface area contributed by atoms with E-state index in [1.165, 1.54) is 18.2 Å². The van der Waals surface area contributed by atoms with E-state index in [0.29, 0.717) is 69.3 Å². The van der Waals surface area contributed by atoms with Crippen molar-refractivity contribution in [2.45, 2.75) is 38.3 Å². The van der Waals surface area contributed by atoms with Crippen LogP contribution < -0.4 is 21.5 Å². The zero-order chi connectivity index (χ0) is 33.9. The van der Waals surface area contributed by atoms with Crippen LogP contribution in [0.2, 0.25) is 5.02 Å². The molecule has 4 aromatic rings. The molecule has 0 amide bonds. The molecular weight excluding hydrogens is 641 g/mol. The first kappa shape index (κ1) is 35.5. The Labute approximate surface area is 284 Å². The summed E-state index contributed by atoms with van der Waals surface area (Å²) >= 11 is 6.28. The van der Waals surface area contributed by atoms with Crippen LogP contribution in [-0.2, 0) is 18.9 Å². The quantitative estimate of drug-likeness (QED) is 0.0750. The van der Waals surface area contributed by atoms with E-state index < -0.39 is 5.82 Å². The van der Waals surface area contributed by atoms with Gasteiger partial charge < -0.3 is 40.5 Å². The highest BCUT2D eigenvalue weighted by molar-refractivity contribution is 6.33. The summed E-state index contributed by atoms with van der Waals surface area (Å²) in [6.45, 7) is 5.88. The van der Waals surface area contributed by atoms with E-state index >= 15 is 0 Å². The maximum Gasteiger partial charge on any atom is 0.213 e. The number of halogens is 2. The topological polar surface area (TPSA) is 153 Å². The number of fused-ring (bicyclic) bond motifs is 1. The van der Waals surface area contributed by atoms with Gasteiger partial charge in [-0.3, -0.25) is 0 Å². The highest BCUT2D eigenvalue weighted by atomic mass is 35.5. The third kappa shape index (κ3) is 9.62. The van der Waals surface area contributed by atoms with E-state index in [4.69, 9.17) is 46.8 Å². The van der Waals surface area contributed by atoms with Crippen LogP contribution in [0.15, 0.2) is 53.9 Å². The predicted molar refractivity (Wildman–Crippen MR) is 184 cm³/mol. The molecule has 5 rings (SSSR count). The highest BCUT2D eigenvalue weighted by Crippen LogP contribution is 2.34. The number of nitrogens with one attached hydrogen (secondary N) is 1. The van der Waals surface area contributed by atoms with Gasteiger partial charge >= 0.3 is 0 Å². The summed E-state index contributed by atoms with van der Waals surface area (Å²) < 4.78 is 42.9. The van der Waals surface area contributed by atoms with Crippen LogP contribution in [0.4, 0.5) is 15.8 Å². The van der Waals surface area contributed by atoms with Crippen molar-refractivity contribution in [1.29, 1.82) is 0 Å². The van der Waals surface area contributed by atoms with Crippen molar-refractivity contribution in [3.05, 3.63) is 70.9 Å². The van der Waals surface area contributed by atoms with Gasteiger partial charge in [-0.05, 0) is 49.9 Å². The summed E-state index contributed by atoms with van der Waals surface area (Å²) in [5.41, 5.74) is 17.9. The van der Waals surface area contributed by atoms with Gasteiger partial charge in [0.2, 0.25) is 5.88 Å². The minimum absolute atomic E-state index is 0.125. The molecule has 5 N–H and O–H groups in total. The number of nitrogens with two attached hydrogens (primary N) is 2. The molecule has 258 valence electrons. The van der Waals surface area contributed by atoms with Gasteiger partial charge in [0.25, 0.3) is 0 Å². The van der Waals surface area contributed by atoms with Crippen molar-refractivity contribution in [1.82, 2.24) is 14.6 Å². The number of nitrogens with zero attached hydrogens (tertiary/aromatic N) is 4. The van der Waals surface area contributed by atoms with Gasteiger partial charge in [0.15, 0.2) is 0 Å². The third-order valence-corrected chi connectivity index (χ3v) is 8.25. The van der Waals surface area contributed by atoms with Crippen LogP contribution in [0.25, 0.3) is 16.6 Å². The third-order valence-electron chi connectivity index (χ3n) is 7.93. The molecule has 0 bridgehead atoms. The van der Waals surface area contributed by atoms with Crippen LogP contribution in [0.3, 0.4) is 0 Å². The molecule has 12 nitrogen and oxygen atoms in total. The zero-order valence-electron chi connectivity index (χ0n) is 27.3. The molecule has 1 fully saturated rings. The van der Waals surface area contributed by atoms with Crippen LogP contribution in [0, 0.1) is 12.7 Å². The fraction of sp³-hybridized carbons (Fsp3) is 0.441. The molecule has 3 aromatic heterocycles. The smallest absolute Gasteiger partial charge is 0.213 e. The molecule has 3 heterocycles. The van der Waals surface area contributed by atoms with Crippen molar-refractivity contribution in [2.75, 3.05) is 65.3 Å². The molecule has 0 saturated heterocycles. The number of anilines is 1. The van der Waals surface area contributed by atoms with Gasteiger partial charge in [0.1, 0.15) is 18.3 Å². The largest absolute Gasteiger partial charge is 0.475 e. The first-order chi connectivity index (χ1) is 23.3. The molecule has 1 aromatic carbocycles. The molecule has 2 atom stereocenters. The van der Waals surface area contributed by atoms with Crippen LogP contribution >= 0.6 is 11.6 Å². The monoisotopic (exact) mass is 683 g/mol. The first-order valence-corrected chi connectivity index (χ1v) is 16.3. The lowest BCUT2D eigenvalue weighted by atomic mass is 10.1. The molecule has 48 heavy (non-hydrogen) atoms. The van der Waals surface area contributed by atoms with Crippen LogP contribution in [-0.4, -0.2) is 92.5 Å². The van der Waals surface area contributed by atoms with Crippen molar-refractivity contribution >= 4 is 34.3 Å². The number of amidine groups is 1. The number of benzene rings is 1. The van der Waals surface area contributed by atoms with E-state index in [1.807, 2.05) is 25.3 Å². The maximum absolute atomic E-state index is 14.0. The SMILES string of the molecule is COCCOCCOCCOCCOc1cc(C)c(-c2cc3c(NC4CCC(N)C4)c(C(N)=Nc4cc(F)ccc4Cl)cnn3c2)cn1. The number of aromatic nitrogens is 3. The molecule has 0 aliphatic heterocycles. The summed E-state index contributed by atoms with van der Waals surface area (Å²) in [5.74, 6) is 0.206. The molecule has 1 aliphatic carbocycles. The lowest BCUT2D eigenvalue weighted by molar-refractivity contribution is 0.00000309. The number of methoxy groups -OCH3 is 1. The van der Waals surface area contributed by atoms with E-state index in [2.05, 4.69) is 20.4 Å². The number of aliphatic imine (C=N–C) groups is 1. The summed E-state index contributed by atoms with van der Waals surface area (Å²) in [5, 5.41) is 8.57. The molecule has 2 unspecified atom stereocenters. The van der Waals surface area contributed by atoms with E-state index in [9.17, 15) is 4.39 Å². The van der Waals surface area contributed by atoms with E-state index in [-0.39, 0.29) is 23.6 Å². The number of ether oxygens (including phenoxy) is 5. The fourth-order valence-corrected chi connectivity index (χ4v) is 5.62. The number of pyridine rings is 1. The van der Waals surface area contributed by atoms with Crippen molar-refractivity contribution in [3.8, 4) is 17.0 Å². The van der Waals surface area contributed by atoms with E-state index in [0.717, 1.165) is 47.2 Å². The van der Waals surface area contributed by atoms with Gasteiger partial charge in [-0.15, -0.1) is 0 Å². The molecule has 14 heteroatoms. The normalized spacial score (nSPS) is 16.6. The average Bonchev–Trinajstić information content (AvgIpc) is 3.69.